The number of ether oxygens (including phenoxy) is 19. The molecule has 25 heteroatoms. The summed E-state index contributed by atoms with van der Waals surface area (Å²) in [7, 11) is 0. The third kappa shape index (κ3) is 68.1. The number of nitrogens with one attached hydrogen (secondary N) is 2. The zero-order valence-electron chi connectivity index (χ0n) is 42.6. The summed E-state index contributed by atoms with van der Waals surface area (Å²) in [6, 6.07) is 0. The van der Waals surface area contributed by atoms with Crippen LogP contribution in [-0.4, -0.2) is 299 Å². The fraction of sp³-hybridized carbons (Fsp3) is 0.957. The van der Waals surface area contributed by atoms with E-state index in [-0.39, 0.29) is 12.8 Å². The van der Waals surface area contributed by atoms with E-state index in [9.17, 15) is 9.59 Å². The predicted octanol–water partition coefficient (Wildman–Crippen LogP) is -0.570. The van der Waals surface area contributed by atoms with Crippen LogP contribution in [-0.2, 0) is 99.6 Å². The van der Waals surface area contributed by atoms with Crippen molar-refractivity contribution in [2.24, 2.45) is 0 Å². The van der Waals surface area contributed by atoms with Gasteiger partial charge in [-0.1, -0.05) is 0 Å². The lowest BCUT2D eigenvalue weighted by atomic mass is 10.4. The molecule has 0 spiro atoms. The van der Waals surface area contributed by atoms with Crippen molar-refractivity contribution in [2.75, 3.05) is 277 Å². The molecular formula is C46H92N2O23. The van der Waals surface area contributed by atoms with E-state index in [4.69, 9.17) is 100 Å². The lowest BCUT2D eigenvalue weighted by molar-refractivity contribution is -0.137. The van der Waals surface area contributed by atoms with E-state index in [0.29, 0.717) is 277 Å². The zero-order chi connectivity index (χ0) is 51.1. The molecule has 0 bridgehead atoms. The Labute approximate surface area is 421 Å². The molecule has 0 radical (unpaired) electrons. The molecular weight excluding hydrogens is 948 g/mol. The highest BCUT2D eigenvalue weighted by atomic mass is 16.6. The van der Waals surface area contributed by atoms with Gasteiger partial charge in [-0.2, -0.15) is 0 Å². The van der Waals surface area contributed by atoms with E-state index in [1.54, 1.807) is 0 Å². The minimum Gasteiger partial charge on any atom is -0.481 e. The topological polar surface area (TPSA) is 274 Å². The number of carbonyl (C=O) groups is 2. The van der Waals surface area contributed by atoms with Crippen molar-refractivity contribution in [2.45, 2.75) is 12.8 Å². The third-order valence-corrected chi connectivity index (χ3v) is 8.57. The van der Waals surface area contributed by atoms with Gasteiger partial charge in [0.25, 0.3) is 0 Å². The van der Waals surface area contributed by atoms with Crippen LogP contribution in [0.2, 0.25) is 0 Å². The van der Waals surface area contributed by atoms with Crippen molar-refractivity contribution in [3.05, 3.63) is 0 Å². The summed E-state index contributed by atoms with van der Waals surface area (Å²) in [6.45, 7) is 20.4. The van der Waals surface area contributed by atoms with Crippen LogP contribution in [0.3, 0.4) is 0 Å². The Morgan fingerprint density at radius 1 is 0.197 bits per heavy atom. The highest BCUT2D eigenvalue weighted by Gasteiger charge is 2.00. The predicted molar refractivity (Wildman–Crippen MR) is 256 cm³/mol. The summed E-state index contributed by atoms with van der Waals surface area (Å²) < 4.78 is 104. The second-order valence-corrected chi connectivity index (χ2v) is 14.4. The van der Waals surface area contributed by atoms with E-state index in [1.807, 2.05) is 0 Å². The van der Waals surface area contributed by atoms with Gasteiger partial charge in [-0.3, -0.25) is 9.59 Å². The summed E-state index contributed by atoms with van der Waals surface area (Å²) in [4.78, 5) is 20.8. The molecule has 0 aromatic heterocycles. The summed E-state index contributed by atoms with van der Waals surface area (Å²) >= 11 is 0. The van der Waals surface area contributed by atoms with Crippen molar-refractivity contribution in [1.29, 1.82) is 0 Å². The SMILES string of the molecule is O=C(O)CCNCCOCCOCCOCCOCCOCCOCCOCCOCCOCCOCCOCCOCCOCCOCCOCCOCCOCCOCCOCCNCCC(=O)O. The third-order valence-electron chi connectivity index (χ3n) is 8.57. The smallest absolute Gasteiger partial charge is 0.304 e. The minimum absolute atomic E-state index is 0.101. The van der Waals surface area contributed by atoms with Crippen molar-refractivity contribution in [1.82, 2.24) is 10.6 Å². The average molecular weight is 1040 g/mol. The van der Waals surface area contributed by atoms with Crippen LogP contribution in [0.1, 0.15) is 12.8 Å². The fourth-order valence-corrected chi connectivity index (χ4v) is 4.99. The highest BCUT2D eigenvalue weighted by molar-refractivity contribution is 5.67. The Balaban J connectivity index is 3.08. The van der Waals surface area contributed by atoms with E-state index in [0.717, 1.165) is 0 Å². The zero-order valence-corrected chi connectivity index (χ0v) is 42.6. The summed E-state index contributed by atoms with van der Waals surface area (Å²) in [5.74, 6) is -1.64. The molecule has 0 amide bonds. The van der Waals surface area contributed by atoms with Gasteiger partial charge >= 0.3 is 11.9 Å². The van der Waals surface area contributed by atoms with Crippen LogP contribution in [0.15, 0.2) is 0 Å². The molecule has 0 fully saturated rings. The van der Waals surface area contributed by atoms with Gasteiger partial charge < -0.3 is 111 Å². The maximum absolute atomic E-state index is 10.4. The Kier molecular flexibility index (Phi) is 62.5. The number of rotatable bonds is 66. The molecule has 0 rings (SSSR count). The standard InChI is InChI=1S/C46H92N2O23/c49-45(50)1-3-47-5-7-53-9-11-55-13-15-57-17-19-59-21-23-61-25-27-63-29-31-65-33-35-67-37-39-69-41-43-71-44-42-70-40-38-68-36-34-66-32-30-64-28-26-62-24-22-60-20-18-58-16-14-56-12-10-54-8-6-48-4-2-46(51)52/h47-48H,1-44H2,(H,49,50)(H,51,52). The van der Waals surface area contributed by atoms with Gasteiger partial charge in [-0.05, 0) is 0 Å². The summed E-state index contributed by atoms with van der Waals surface area (Å²) in [5.41, 5.74) is 0. The molecule has 0 aliphatic carbocycles. The van der Waals surface area contributed by atoms with Crippen LogP contribution < -0.4 is 10.6 Å². The molecule has 424 valence electrons. The van der Waals surface area contributed by atoms with Gasteiger partial charge in [0.15, 0.2) is 0 Å². The summed E-state index contributed by atoms with van der Waals surface area (Å²) in [6.07, 6.45) is 0.202. The van der Waals surface area contributed by atoms with Crippen LogP contribution in [0.4, 0.5) is 0 Å². The number of hydrogen-bond acceptors (Lipinski definition) is 23. The largest absolute Gasteiger partial charge is 0.481 e. The molecule has 0 unspecified atom stereocenters. The quantitative estimate of drug-likeness (QED) is 0.0556. The first-order valence-electron chi connectivity index (χ1n) is 24.9. The Morgan fingerprint density at radius 3 is 0.423 bits per heavy atom. The number of carboxylic acids is 2. The molecule has 0 saturated carbocycles. The molecule has 0 aliphatic heterocycles. The maximum atomic E-state index is 10.4. The average Bonchev–Trinajstić information content (AvgIpc) is 3.36. The van der Waals surface area contributed by atoms with Gasteiger partial charge in [0.05, 0.1) is 264 Å². The number of hydrogen-bond donors (Lipinski definition) is 4. The molecule has 0 aromatic carbocycles. The minimum atomic E-state index is -0.818. The first-order valence-corrected chi connectivity index (χ1v) is 24.9. The van der Waals surface area contributed by atoms with Gasteiger partial charge in [0.2, 0.25) is 0 Å². The van der Waals surface area contributed by atoms with Gasteiger partial charge in [0.1, 0.15) is 0 Å². The molecule has 4 N–H and O–H groups in total. The molecule has 25 nitrogen and oxygen atoms in total. The molecule has 0 atom stereocenters. The van der Waals surface area contributed by atoms with E-state index in [1.165, 1.54) is 0 Å². The molecule has 71 heavy (non-hydrogen) atoms. The fourth-order valence-electron chi connectivity index (χ4n) is 4.99. The van der Waals surface area contributed by atoms with Gasteiger partial charge in [-0.25, -0.2) is 0 Å². The van der Waals surface area contributed by atoms with Crippen molar-refractivity contribution in [3.63, 3.8) is 0 Å². The first-order chi connectivity index (χ1) is 35.1. The second-order valence-electron chi connectivity index (χ2n) is 14.4. The monoisotopic (exact) mass is 1040 g/mol. The normalized spacial score (nSPS) is 11.6. The molecule has 0 aromatic rings. The number of aliphatic carboxylic acids is 2. The lowest BCUT2D eigenvalue weighted by Gasteiger charge is -2.09. The lowest BCUT2D eigenvalue weighted by Crippen LogP contribution is -2.23. The Morgan fingerprint density at radius 2 is 0.310 bits per heavy atom. The van der Waals surface area contributed by atoms with Gasteiger partial charge in [-0.15, -0.1) is 0 Å². The second kappa shape index (κ2) is 64.2. The van der Waals surface area contributed by atoms with Crippen molar-refractivity contribution in [3.8, 4) is 0 Å². The van der Waals surface area contributed by atoms with E-state index >= 15 is 0 Å². The Hall–Kier alpha value is -1.90. The Bertz CT molecular complexity index is 958. The van der Waals surface area contributed by atoms with Crippen LogP contribution in [0, 0.1) is 0 Å². The summed E-state index contributed by atoms with van der Waals surface area (Å²) in [5, 5.41) is 23.1. The van der Waals surface area contributed by atoms with E-state index < -0.39 is 11.9 Å². The maximum Gasteiger partial charge on any atom is 0.304 e. The van der Waals surface area contributed by atoms with Crippen LogP contribution >= 0.6 is 0 Å². The highest BCUT2D eigenvalue weighted by Crippen LogP contribution is 1.90. The molecule has 0 aliphatic rings. The molecule has 0 saturated heterocycles. The van der Waals surface area contributed by atoms with Gasteiger partial charge in [0, 0.05) is 26.2 Å². The number of carboxylic acid groups (broad SMARTS) is 2. The van der Waals surface area contributed by atoms with Crippen molar-refractivity contribution < 1.29 is 110 Å². The molecule has 0 heterocycles. The van der Waals surface area contributed by atoms with Crippen LogP contribution in [0.25, 0.3) is 0 Å². The van der Waals surface area contributed by atoms with E-state index in [2.05, 4.69) is 10.6 Å². The van der Waals surface area contributed by atoms with Crippen LogP contribution in [0.5, 0.6) is 0 Å². The van der Waals surface area contributed by atoms with Crippen molar-refractivity contribution >= 4 is 11.9 Å². The first kappa shape index (κ1) is 69.1.